The van der Waals surface area contributed by atoms with Gasteiger partial charge in [0.2, 0.25) is 0 Å². The zero-order valence-corrected chi connectivity index (χ0v) is 17.2. The van der Waals surface area contributed by atoms with Gasteiger partial charge in [0.25, 0.3) is 0 Å². The maximum atomic E-state index is 14.4. The van der Waals surface area contributed by atoms with Crippen LogP contribution < -0.4 is 0 Å². The second-order valence-electron chi connectivity index (χ2n) is 7.07. The highest BCUT2D eigenvalue weighted by Crippen LogP contribution is 2.26. The molecule has 0 saturated carbocycles. The third-order valence-corrected chi connectivity index (χ3v) is 5.83. The monoisotopic (exact) mass is 429 g/mol. The van der Waals surface area contributed by atoms with Gasteiger partial charge >= 0.3 is 0 Å². The van der Waals surface area contributed by atoms with Crippen LogP contribution in [0, 0.1) is 11.6 Å². The first-order chi connectivity index (χ1) is 15.2. The normalized spacial score (nSPS) is 11.5. The van der Waals surface area contributed by atoms with Crippen LogP contribution in [0.5, 0.6) is 0 Å². The van der Waals surface area contributed by atoms with Gasteiger partial charge in [0.05, 0.1) is 17.6 Å². The molecule has 3 heterocycles. The van der Waals surface area contributed by atoms with E-state index >= 15 is 0 Å². The fraction of sp³-hybridized carbons (Fsp3) is 0.0400. The van der Waals surface area contributed by atoms with E-state index < -0.39 is 11.6 Å². The molecule has 0 bridgehead atoms. The molecule has 0 unspecified atom stereocenters. The van der Waals surface area contributed by atoms with E-state index in [9.17, 15) is 8.78 Å². The van der Waals surface area contributed by atoms with Crippen LogP contribution in [0.3, 0.4) is 0 Å². The third-order valence-electron chi connectivity index (χ3n) is 4.99. The number of hydrogen-bond donors (Lipinski definition) is 0. The summed E-state index contributed by atoms with van der Waals surface area (Å²) in [6.45, 7) is 0.221. The van der Waals surface area contributed by atoms with Crippen LogP contribution in [-0.4, -0.2) is 14.5 Å². The minimum Gasteiger partial charge on any atom is -0.318 e. The Morgan fingerprint density at radius 2 is 1.84 bits per heavy atom. The van der Waals surface area contributed by atoms with Gasteiger partial charge < -0.3 is 4.57 Å². The highest BCUT2D eigenvalue weighted by atomic mass is 32.1. The van der Waals surface area contributed by atoms with Crippen molar-refractivity contribution in [3.8, 4) is 11.5 Å². The van der Waals surface area contributed by atoms with E-state index in [2.05, 4.69) is 17.1 Å². The van der Waals surface area contributed by atoms with Crippen LogP contribution >= 0.6 is 11.3 Å². The molecule has 0 aliphatic carbocycles. The van der Waals surface area contributed by atoms with Gasteiger partial charge in [-0.05, 0) is 53.4 Å². The summed E-state index contributed by atoms with van der Waals surface area (Å²) in [6.07, 6.45) is 5.83. The predicted octanol–water partition coefficient (Wildman–Crippen LogP) is 6.66. The maximum Gasteiger partial charge on any atom is 0.160 e. The van der Waals surface area contributed by atoms with Crippen molar-refractivity contribution < 1.29 is 8.78 Å². The van der Waals surface area contributed by atoms with E-state index in [4.69, 9.17) is 4.98 Å². The summed E-state index contributed by atoms with van der Waals surface area (Å²) in [6, 6.07) is 19.3. The topological polar surface area (TPSA) is 30.7 Å². The lowest BCUT2D eigenvalue weighted by Gasteiger charge is -2.10. The molecule has 0 N–H and O–H groups in total. The van der Waals surface area contributed by atoms with Crippen molar-refractivity contribution in [2.24, 2.45) is 0 Å². The minimum absolute atomic E-state index is 0.221. The van der Waals surface area contributed by atoms with E-state index in [1.165, 1.54) is 12.1 Å². The van der Waals surface area contributed by atoms with Gasteiger partial charge in [0, 0.05) is 22.7 Å². The number of imidazole rings is 1. The summed E-state index contributed by atoms with van der Waals surface area (Å²) in [5.74, 6) is -0.538. The first-order valence-corrected chi connectivity index (χ1v) is 10.6. The van der Waals surface area contributed by atoms with Crippen molar-refractivity contribution in [2.75, 3.05) is 0 Å². The van der Waals surface area contributed by atoms with Gasteiger partial charge in [-0.3, -0.25) is 4.98 Å². The molecule has 6 heteroatoms. The predicted molar refractivity (Wildman–Crippen MR) is 122 cm³/mol. The van der Waals surface area contributed by atoms with Gasteiger partial charge in [-0.25, -0.2) is 13.8 Å². The number of hydrogen-bond acceptors (Lipinski definition) is 3. The Kier molecular flexibility index (Phi) is 5.14. The van der Waals surface area contributed by atoms with Crippen molar-refractivity contribution in [2.45, 2.75) is 6.54 Å². The number of benzene rings is 2. The molecule has 0 amide bonds. The summed E-state index contributed by atoms with van der Waals surface area (Å²) < 4.78 is 29.7. The molecule has 0 aliphatic heterocycles. The molecule has 0 radical (unpaired) electrons. The number of pyridine rings is 1. The summed E-state index contributed by atoms with van der Waals surface area (Å²) in [5.41, 5.74) is 3.72. The molecule has 152 valence electrons. The van der Waals surface area contributed by atoms with Gasteiger partial charge in [-0.15, -0.1) is 11.3 Å². The largest absolute Gasteiger partial charge is 0.318 e. The molecule has 0 spiro atoms. The summed E-state index contributed by atoms with van der Waals surface area (Å²) >= 11 is 1.67. The Balaban J connectivity index is 1.58. The molecule has 0 atom stereocenters. The lowest BCUT2D eigenvalue weighted by atomic mass is 10.2. The number of halogens is 2. The molecular weight excluding hydrogens is 412 g/mol. The highest BCUT2D eigenvalue weighted by molar-refractivity contribution is 7.10. The minimum atomic E-state index is -0.594. The van der Waals surface area contributed by atoms with E-state index in [1.807, 2.05) is 58.5 Å². The van der Waals surface area contributed by atoms with Crippen LogP contribution in [0.4, 0.5) is 8.78 Å². The Morgan fingerprint density at radius 1 is 0.935 bits per heavy atom. The second kappa shape index (κ2) is 8.24. The summed E-state index contributed by atoms with van der Waals surface area (Å²) in [7, 11) is 0. The lowest BCUT2D eigenvalue weighted by molar-refractivity contribution is 0.567. The van der Waals surface area contributed by atoms with Crippen molar-refractivity contribution >= 4 is 34.5 Å². The van der Waals surface area contributed by atoms with E-state index in [0.717, 1.165) is 27.5 Å². The third kappa shape index (κ3) is 4.02. The van der Waals surface area contributed by atoms with E-state index in [0.29, 0.717) is 17.1 Å². The zero-order chi connectivity index (χ0) is 21.2. The fourth-order valence-corrected chi connectivity index (χ4v) is 4.11. The smallest absolute Gasteiger partial charge is 0.160 e. The van der Waals surface area contributed by atoms with Gasteiger partial charge in [-0.2, -0.15) is 0 Å². The number of thiophene rings is 1. The molecule has 0 aliphatic rings. The number of para-hydroxylation sites is 2. The number of fused-ring (bicyclic) bond motifs is 1. The number of rotatable bonds is 5. The van der Waals surface area contributed by atoms with Crippen molar-refractivity contribution in [3.63, 3.8) is 0 Å². The Hall–Kier alpha value is -3.64. The van der Waals surface area contributed by atoms with Crippen LogP contribution in [0.25, 0.3) is 34.7 Å². The Morgan fingerprint density at radius 3 is 2.68 bits per heavy atom. The molecule has 5 aromatic rings. The maximum absolute atomic E-state index is 14.4. The van der Waals surface area contributed by atoms with E-state index in [1.54, 1.807) is 17.5 Å². The van der Waals surface area contributed by atoms with Crippen LogP contribution in [0.15, 0.2) is 78.3 Å². The van der Waals surface area contributed by atoms with Crippen molar-refractivity contribution in [1.82, 2.24) is 14.5 Å². The van der Waals surface area contributed by atoms with Crippen LogP contribution in [-0.2, 0) is 6.54 Å². The van der Waals surface area contributed by atoms with Crippen LogP contribution in [0.2, 0.25) is 0 Å². The average molecular weight is 429 g/mol. The molecule has 0 saturated heterocycles. The first-order valence-electron chi connectivity index (χ1n) is 9.74. The average Bonchev–Trinajstić information content (AvgIpc) is 3.43. The molecule has 3 aromatic heterocycles. The summed E-state index contributed by atoms with van der Waals surface area (Å²) in [5, 5.41) is 2.04. The van der Waals surface area contributed by atoms with Gasteiger partial charge in [0.15, 0.2) is 5.82 Å². The number of nitrogens with zero attached hydrogens (tertiary/aromatic N) is 3. The molecule has 3 nitrogen and oxygen atoms in total. The summed E-state index contributed by atoms with van der Waals surface area (Å²) in [4.78, 5) is 10.4. The van der Waals surface area contributed by atoms with Crippen molar-refractivity contribution in [3.05, 3.63) is 106 Å². The zero-order valence-electron chi connectivity index (χ0n) is 16.4. The molecule has 2 aromatic carbocycles. The quantitative estimate of drug-likeness (QED) is 0.313. The Bertz CT molecular complexity index is 1390. The van der Waals surface area contributed by atoms with Crippen LogP contribution in [0.1, 0.15) is 16.0 Å². The molecule has 5 rings (SSSR count). The molecule has 31 heavy (non-hydrogen) atoms. The van der Waals surface area contributed by atoms with E-state index in [-0.39, 0.29) is 6.54 Å². The first kappa shape index (κ1) is 19.3. The number of aromatic nitrogens is 3. The highest BCUT2D eigenvalue weighted by Gasteiger charge is 2.16. The molecule has 0 fully saturated rings. The standard InChI is InChI=1S/C25H17F2N3S/c26-19-9-8-18(21(27)15-19)16-30-24-6-2-1-5-22(24)29-25(30)23-14-17(11-12-28-23)7-10-20-4-3-13-31-20/h1-15H,16H2. The lowest BCUT2D eigenvalue weighted by Crippen LogP contribution is -2.05. The van der Waals surface area contributed by atoms with Crippen molar-refractivity contribution in [1.29, 1.82) is 0 Å². The fourth-order valence-electron chi connectivity index (χ4n) is 3.49. The van der Waals surface area contributed by atoms with Gasteiger partial charge in [-0.1, -0.05) is 30.3 Å². The molecular formula is C25H17F2N3S. The SMILES string of the molecule is Fc1ccc(Cn2c(-c3cc(C=Cc4cccs4)ccn3)nc3ccccc32)c(F)c1. The van der Waals surface area contributed by atoms with Gasteiger partial charge in [0.1, 0.15) is 17.3 Å². The Labute approximate surface area is 182 Å². The second-order valence-corrected chi connectivity index (χ2v) is 8.05.